The van der Waals surface area contributed by atoms with Crippen molar-refractivity contribution < 1.29 is 14.2 Å². The van der Waals surface area contributed by atoms with Crippen LogP contribution in [0.2, 0.25) is 0 Å². The molecular formula is C21H35IN4O3. The van der Waals surface area contributed by atoms with Gasteiger partial charge < -0.3 is 29.3 Å². The van der Waals surface area contributed by atoms with Gasteiger partial charge in [-0.25, -0.2) is 0 Å². The van der Waals surface area contributed by atoms with Gasteiger partial charge in [0.25, 0.3) is 0 Å². The Hall–Kier alpha value is -1.26. The third-order valence-corrected chi connectivity index (χ3v) is 5.30. The zero-order valence-electron chi connectivity index (χ0n) is 17.6. The summed E-state index contributed by atoms with van der Waals surface area (Å²) in [5, 5.41) is 3.47. The van der Waals surface area contributed by atoms with Crippen LogP contribution in [0.3, 0.4) is 0 Å². The molecule has 0 saturated carbocycles. The molecule has 0 bridgehead atoms. The standard InChI is InChI=1S/C21H34N4O3.HI/c1-22-21(23-10-4-15-27-17-20-5-3-16-28-20)25-13-11-24(12-14-25)18-6-8-19(26-2)9-7-18;/h6-9,20H,3-5,10-17H2,1-2H3,(H,22,23);1H. The number of piperazine rings is 1. The number of nitrogens with zero attached hydrogens (tertiary/aromatic N) is 3. The van der Waals surface area contributed by atoms with Crippen molar-refractivity contribution >= 4 is 35.6 Å². The minimum atomic E-state index is 0. The van der Waals surface area contributed by atoms with Crippen LogP contribution in [0.15, 0.2) is 29.3 Å². The Labute approximate surface area is 191 Å². The molecule has 29 heavy (non-hydrogen) atoms. The molecule has 1 atom stereocenters. The highest BCUT2D eigenvalue weighted by atomic mass is 127. The summed E-state index contributed by atoms with van der Waals surface area (Å²) in [5.74, 6) is 1.88. The van der Waals surface area contributed by atoms with Crippen LogP contribution in [0.25, 0.3) is 0 Å². The molecule has 0 spiro atoms. The molecule has 2 saturated heterocycles. The Kier molecular flexibility index (Phi) is 10.9. The molecular weight excluding hydrogens is 483 g/mol. The summed E-state index contributed by atoms with van der Waals surface area (Å²) in [4.78, 5) is 9.18. The van der Waals surface area contributed by atoms with E-state index in [1.165, 1.54) is 5.69 Å². The summed E-state index contributed by atoms with van der Waals surface area (Å²) in [6.07, 6.45) is 3.57. The van der Waals surface area contributed by atoms with Gasteiger partial charge in [-0.15, -0.1) is 24.0 Å². The Morgan fingerprint density at radius 2 is 1.97 bits per heavy atom. The summed E-state index contributed by atoms with van der Waals surface area (Å²) in [6.45, 7) is 7.13. The first-order chi connectivity index (χ1) is 13.8. The van der Waals surface area contributed by atoms with Crippen LogP contribution in [0.4, 0.5) is 5.69 Å². The number of nitrogens with one attached hydrogen (secondary N) is 1. The topological polar surface area (TPSA) is 58.6 Å². The molecule has 3 rings (SSSR count). The number of benzene rings is 1. The average Bonchev–Trinajstić information content (AvgIpc) is 3.27. The number of methoxy groups -OCH3 is 1. The van der Waals surface area contributed by atoms with E-state index >= 15 is 0 Å². The number of halogens is 1. The maximum Gasteiger partial charge on any atom is 0.193 e. The minimum absolute atomic E-state index is 0. The molecule has 1 aromatic carbocycles. The maximum absolute atomic E-state index is 5.72. The van der Waals surface area contributed by atoms with Gasteiger partial charge in [-0.1, -0.05) is 0 Å². The molecule has 2 aliphatic rings. The van der Waals surface area contributed by atoms with Crippen LogP contribution in [-0.4, -0.2) is 83.7 Å². The van der Waals surface area contributed by atoms with E-state index in [4.69, 9.17) is 14.2 Å². The Bertz CT molecular complexity index is 600. The first kappa shape index (κ1) is 24.0. The van der Waals surface area contributed by atoms with Gasteiger partial charge >= 0.3 is 0 Å². The van der Waals surface area contributed by atoms with Crippen LogP contribution in [0.1, 0.15) is 19.3 Å². The van der Waals surface area contributed by atoms with Crippen LogP contribution < -0.4 is 15.0 Å². The Morgan fingerprint density at radius 3 is 2.59 bits per heavy atom. The molecule has 0 aliphatic carbocycles. The lowest BCUT2D eigenvalue weighted by Crippen LogP contribution is -2.52. The maximum atomic E-state index is 5.72. The summed E-state index contributed by atoms with van der Waals surface area (Å²) in [7, 11) is 3.55. The van der Waals surface area contributed by atoms with Crippen LogP contribution >= 0.6 is 24.0 Å². The SMILES string of the molecule is CN=C(NCCCOCC1CCCO1)N1CCN(c2ccc(OC)cc2)CC1.I. The van der Waals surface area contributed by atoms with E-state index in [9.17, 15) is 0 Å². The first-order valence-corrected chi connectivity index (χ1v) is 10.3. The smallest absolute Gasteiger partial charge is 0.193 e. The predicted molar refractivity (Wildman–Crippen MR) is 128 cm³/mol. The third-order valence-electron chi connectivity index (χ3n) is 5.30. The molecule has 7 nitrogen and oxygen atoms in total. The van der Waals surface area contributed by atoms with Gasteiger partial charge in [0.15, 0.2) is 5.96 Å². The highest BCUT2D eigenvalue weighted by Crippen LogP contribution is 2.20. The van der Waals surface area contributed by atoms with E-state index in [2.05, 4.69) is 32.2 Å². The van der Waals surface area contributed by atoms with E-state index in [1.54, 1.807) is 7.11 Å². The zero-order valence-corrected chi connectivity index (χ0v) is 20.0. The van der Waals surface area contributed by atoms with Gasteiger partial charge in [-0.2, -0.15) is 0 Å². The lowest BCUT2D eigenvalue weighted by Gasteiger charge is -2.37. The average molecular weight is 518 g/mol. The number of guanidine groups is 1. The van der Waals surface area contributed by atoms with Crippen molar-refractivity contribution in [1.82, 2.24) is 10.2 Å². The van der Waals surface area contributed by atoms with E-state index in [-0.39, 0.29) is 24.0 Å². The largest absolute Gasteiger partial charge is 0.497 e. The van der Waals surface area contributed by atoms with E-state index in [0.717, 1.165) is 83.5 Å². The van der Waals surface area contributed by atoms with Gasteiger partial charge in [0, 0.05) is 58.7 Å². The monoisotopic (exact) mass is 518 g/mol. The lowest BCUT2D eigenvalue weighted by molar-refractivity contribution is 0.0168. The second-order valence-corrected chi connectivity index (χ2v) is 7.21. The van der Waals surface area contributed by atoms with Crippen molar-refractivity contribution in [1.29, 1.82) is 0 Å². The van der Waals surface area contributed by atoms with Crippen LogP contribution in [0, 0.1) is 0 Å². The van der Waals surface area contributed by atoms with E-state index in [1.807, 2.05) is 19.2 Å². The van der Waals surface area contributed by atoms with Crippen molar-refractivity contribution in [3.8, 4) is 5.75 Å². The van der Waals surface area contributed by atoms with Gasteiger partial charge in [-0.05, 0) is 43.5 Å². The van der Waals surface area contributed by atoms with Crippen molar-refractivity contribution in [3.05, 3.63) is 24.3 Å². The number of ether oxygens (including phenoxy) is 3. The van der Waals surface area contributed by atoms with Crippen LogP contribution in [-0.2, 0) is 9.47 Å². The Morgan fingerprint density at radius 1 is 1.21 bits per heavy atom. The second-order valence-electron chi connectivity index (χ2n) is 7.21. The number of anilines is 1. The molecule has 2 heterocycles. The fraction of sp³-hybridized carbons (Fsp3) is 0.667. The molecule has 1 unspecified atom stereocenters. The quantitative estimate of drug-likeness (QED) is 0.247. The molecule has 8 heteroatoms. The molecule has 2 aliphatic heterocycles. The summed E-state index contributed by atoms with van der Waals surface area (Å²) >= 11 is 0. The summed E-state index contributed by atoms with van der Waals surface area (Å²) in [6, 6.07) is 8.28. The van der Waals surface area contributed by atoms with Crippen molar-refractivity contribution in [2.75, 3.05) is 71.6 Å². The molecule has 0 aromatic heterocycles. The molecule has 1 aromatic rings. The van der Waals surface area contributed by atoms with Crippen LogP contribution in [0.5, 0.6) is 5.75 Å². The molecule has 0 radical (unpaired) electrons. The lowest BCUT2D eigenvalue weighted by atomic mass is 10.2. The minimum Gasteiger partial charge on any atom is -0.497 e. The predicted octanol–water partition coefficient (Wildman–Crippen LogP) is 2.60. The fourth-order valence-electron chi connectivity index (χ4n) is 3.67. The van der Waals surface area contributed by atoms with Gasteiger partial charge in [0.1, 0.15) is 5.75 Å². The third kappa shape index (κ3) is 7.49. The molecule has 164 valence electrons. The second kappa shape index (κ2) is 13.1. The number of rotatable bonds is 8. The highest BCUT2D eigenvalue weighted by molar-refractivity contribution is 14.0. The van der Waals surface area contributed by atoms with Gasteiger partial charge in [0.2, 0.25) is 0 Å². The van der Waals surface area contributed by atoms with Gasteiger partial charge in [0.05, 0.1) is 19.8 Å². The van der Waals surface area contributed by atoms with Crippen molar-refractivity contribution in [3.63, 3.8) is 0 Å². The number of hydrogen-bond acceptors (Lipinski definition) is 5. The highest BCUT2D eigenvalue weighted by Gasteiger charge is 2.20. The normalized spacial score (nSPS) is 19.8. The van der Waals surface area contributed by atoms with E-state index in [0.29, 0.717) is 6.10 Å². The molecule has 0 amide bonds. The summed E-state index contributed by atoms with van der Waals surface area (Å²) < 4.78 is 16.5. The fourth-order valence-corrected chi connectivity index (χ4v) is 3.67. The molecule has 1 N–H and O–H groups in total. The molecule has 2 fully saturated rings. The number of hydrogen-bond donors (Lipinski definition) is 1. The number of aliphatic imine (C=N–C) groups is 1. The van der Waals surface area contributed by atoms with Crippen molar-refractivity contribution in [2.45, 2.75) is 25.4 Å². The van der Waals surface area contributed by atoms with Gasteiger partial charge in [-0.3, -0.25) is 4.99 Å². The Balaban J connectivity index is 0.00000300. The van der Waals surface area contributed by atoms with E-state index < -0.39 is 0 Å². The van der Waals surface area contributed by atoms with Crippen molar-refractivity contribution in [2.24, 2.45) is 4.99 Å². The summed E-state index contributed by atoms with van der Waals surface area (Å²) in [5.41, 5.74) is 1.24. The zero-order chi connectivity index (χ0) is 19.6. The first-order valence-electron chi connectivity index (χ1n) is 10.3.